The van der Waals surface area contributed by atoms with E-state index in [2.05, 4.69) is 19.2 Å². The Kier molecular flexibility index (Phi) is 4.77. The number of nitrogens with one attached hydrogen (secondary N) is 1. The maximum atomic E-state index is 11.5. The van der Waals surface area contributed by atoms with Crippen molar-refractivity contribution in [1.29, 1.82) is 0 Å². The van der Waals surface area contributed by atoms with Gasteiger partial charge < -0.3 is 10.4 Å². The molecule has 1 amide bonds. The number of hydrogen-bond acceptors (Lipinski definition) is 2. The van der Waals surface area contributed by atoms with E-state index < -0.39 is 5.97 Å². The van der Waals surface area contributed by atoms with Gasteiger partial charge in [0.05, 0.1) is 6.42 Å². The predicted octanol–water partition coefficient (Wildman–Crippen LogP) is 1.79. The second kappa shape index (κ2) is 5.87. The molecule has 4 heteroatoms. The average molecular weight is 227 g/mol. The van der Waals surface area contributed by atoms with Gasteiger partial charge in [-0.15, -0.1) is 0 Å². The molecule has 0 aromatic rings. The normalized spacial score (nSPS) is 29.8. The van der Waals surface area contributed by atoms with E-state index >= 15 is 0 Å². The van der Waals surface area contributed by atoms with Crippen LogP contribution in [0.5, 0.6) is 0 Å². The van der Waals surface area contributed by atoms with Gasteiger partial charge >= 0.3 is 5.97 Å². The Hall–Kier alpha value is -1.06. The maximum Gasteiger partial charge on any atom is 0.303 e. The molecule has 0 bridgehead atoms. The first-order chi connectivity index (χ1) is 7.49. The fraction of sp³-hybridized carbons (Fsp3) is 0.833. The quantitative estimate of drug-likeness (QED) is 0.769. The van der Waals surface area contributed by atoms with Gasteiger partial charge in [-0.05, 0) is 31.1 Å². The highest BCUT2D eigenvalue weighted by atomic mass is 16.4. The molecule has 16 heavy (non-hydrogen) atoms. The number of carboxylic acid groups (broad SMARTS) is 1. The number of carbonyl (C=O) groups excluding carboxylic acids is 1. The average Bonchev–Trinajstić information content (AvgIpc) is 2.19. The van der Waals surface area contributed by atoms with Gasteiger partial charge in [-0.3, -0.25) is 9.59 Å². The van der Waals surface area contributed by atoms with Gasteiger partial charge in [-0.1, -0.05) is 13.8 Å². The van der Waals surface area contributed by atoms with Crippen molar-refractivity contribution in [3.05, 3.63) is 0 Å². The van der Waals surface area contributed by atoms with Crippen LogP contribution in [0.25, 0.3) is 0 Å². The van der Waals surface area contributed by atoms with Gasteiger partial charge in [0.1, 0.15) is 0 Å². The van der Waals surface area contributed by atoms with Crippen molar-refractivity contribution in [2.45, 2.75) is 52.0 Å². The van der Waals surface area contributed by atoms with Crippen LogP contribution in [0, 0.1) is 11.8 Å². The second-order valence-electron chi connectivity index (χ2n) is 4.96. The Bertz CT molecular complexity index is 265. The zero-order chi connectivity index (χ0) is 12.1. The fourth-order valence-corrected chi connectivity index (χ4v) is 2.38. The first-order valence-electron chi connectivity index (χ1n) is 6.00. The summed E-state index contributed by atoms with van der Waals surface area (Å²) in [5, 5.41) is 11.4. The first kappa shape index (κ1) is 13.0. The van der Waals surface area contributed by atoms with Crippen LogP contribution in [0.1, 0.15) is 46.0 Å². The lowest BCUT2D eigenvalue weighted by atomic mass is 9.80. The summed E-state index contributed by atoms with van der Waals surface area (Å²) in [6, 6.07) is 0.234. The second-order valence-corrected chi connectivity index (χ2v) is 4.96. The number of rotatable bonds is 4. The molecule has 3 unspecified atom stereocenters. The molecule has 0 spiro atoms. The molecule has 92 valence electrons. The summed E-state index contributed by atoms with van der Waals surface area (Å²) < 4.78 is 0. The molecule has 2 N–H and O–H groups in total. The molecule has 1 saturated carbocycles. The first-order valence-corrected chi connectivity index (χ1v) is 6.00. The molecule has 1 aliphatic rings. The summed E-state index contributed by atoms with van der Waals surface area (Å²) in [4.78, 5) is 21.8. The Morgan fingerprint density at radius 2 is 1.94 bits per heavy atom. The molecule has 3 atom stereocenters. The van der Waals surface area contributed by atoms with E-state index in [0.717, 1.165) is 25.2 Å². The Morgan fingerprint density at radius 1 is 1.25 bits per heavy atom. The monoisotopic (exact) mass is 227 g/mol. The highest BCUT2D eigenvalue weighted by Gasteiger charge is 2.26. The van der Waals surface area contributed by atoms with E-state index in [4.69, 9.17) is 5.11 Å². The Balaban J connectivity index is 2.30. The predicted molar refractivity (Wildman–Crippen MR) is 61.0 cm³/mol. The van der Waals surface area contributed by atoms with E-state index in [0.29, 0.717) is 5.92 Å². The van der Waals surface area contributed by atoms with Crippen LogP contribution < -0.4 is 5.32 Å². The summed E-state index contributed by atoms with van der Waals surface area (Å²) in [5.74, 6) is 0.189. The number of amides is 1. The van der Waals surface area contributed by atoms with Crippen molar-refractivity contribution in [3.63, 3.8) is 0 Å². The van der Waals surface area contributed by atoms with Crippen molar-refractivity contribution in [1.82, 2.24) is 5.32 Å². The molecule has 0 saturated heterocycles. The van der Waals surface area contributed by atoms with Crippen LogP contribution >= 0.6 is 0 Å². The van der Waals surface area contributed by atoms with Crippen LogP contribution in [0.15, 0.2) is 0 Å². The summed E-state index contributed by atoms with van der Waals surface area (Å²) in [6.07, 6.45) is 3.32. The molecule has 0 aromatic heterocycles. The Labute approximate surface area is 96.4 Å². The molecular formula is C12H21NO3. The summed E-state index contributed by atoms with van der Waals surface area (Å²) in [6.45, 7) is 4.39. The van der Waals surface area contributed by atoms with Crippen molar-refractivity contribution in [3.8, 4) is 0 Å². The third kappa shape index (κ3) is 4.21. The number of carboxylic acids is 1. The van der Waals surface area contributed by atoms with E-state index in [9.17, 15) is 9.59 Å². The highest BCUT2D eigenvalue weighted by molar-refractivity contribution is 5.80. The van der Waals surface area contributed by atoms with Crippen molar-refractivity contribution in [2.24, 2.45) is 11.8 Å². The molecule has 1 aliphatic carbocycles. The van der Waals surface area contributed by atoms with Crippen molar-refractivity contribution < 1.29 is 14.7 Å². The van der Waals surface area contributed by atoms with E-state index in [1.54, 1.807) is 0 Å². The fourth-order valence-electron chi connectivity index (χ4n) is 2.38. The van der Waals surface area contributed by atoms with Gasteiger partial charge in [-0.25, -0.2) is 0 Å². The zero-order valence-corrected chi connectivity index (χ0v) is 10.0. The van der Waals surface area contributed by atoms with E-state index in [-0.39, 0.29) is 24.8 Å². The smallest absolute Gasteiger partial charge is 0.303 e. The number of carbonyl (C=O) groups is 2. The van der Waals surface area contributed by atoms with Gasteiger partial charge in [0.15, 0.2) is 0 Å². The van der Waals surface area contributed by atoms with Crippen LogP contribution in [-0.4, -0.2) is 23.0 Å². The van der Waals surface area contributed by atoms with Crippen LogP contribution in [0.4, 0.5) is 0 Å². The van der Waals surface area contributed by atoms with Crippen LogP contribution in [0.3, 0.4) is 0 Å². The highest BCUT2D eigenvalue weighted by Crippen LogP contribution is 2.28. The summed E-state index contributed by atoms with van der Waals surface area (Å²) in [7, 11) is 0. The largest absolute Gasteiger partial charge is 0.481 e. The minimum absolute atomic E-state index is 0.0800. The third-order valence-corrected chi connectivity index (χ3v) is 3.34. The van der Waals surface area contributed by atoms with Crippen molar-refractivity contribution in [2.75, 3.05) is 0 Å². The molecule has 1 rings (SSSR count). The van der Waals surface area contributed by atoms with Crippen LogP contribution in [-0.2, 0) is 9.59 Å². The number of hydrogen-bond donors (Lipinski definition) is 2. The molecule has 4 nitrogen and oxygen atoms in total. The summed E-state index contributed by atoms with van der Waals surface area (Å²) in [5.41, 5.74) is 0. The lowest BCUT2D eigenvalue weighted by Gasteiger charge is -2.33. The zero-order valence-electron chi connectivity index (χ0n) is 10.0. The van der Waals surface area contributed by atoms with E-state index in [1.165, 1.54) is 0 Å². The van der Waals surface area contributed by atoms with Gasteiger partial charge in [-0.2, -0.15) is 0 Å². The molecule has 0 aliphatic heterocycles. The van der Waals surface area contributed by atoms with Gasteiger partial charge in [0.25, 0.3) is 0 Å². The van der Waals surface area contributed by atoms with Crippen LogP contribution in [0.2, 0.25) is 0 Å². The third-order valence-electron chi connectivity index (χ3n) is 3.34. The number of aliphatic carboxylic acids is 1. The lowest BCUT2D eigenvalue weighted by Crippen LogP contribution is -2.42. The maximum absolute atomic E-state index is 11.5. The van der Waals surface area contributed by atoms with E-state index in [1.807, 2.05) is 0 Å². The SMILES string of the molecule is CC1CCC(NC(=O)CCC(=O)O)C(C)C1. The molecular weight excluding hydrogens is 206 g/mol. The lowest BCUT2D eigenvalue weighted by molar-refractivity contribution is -0.139. The molecule has 1 fully saturated rings. The minimum Gasteiger partial charge on any atom is -0.481 e. The molecule has 0 heterocycles. The Morgan fingerprint density at radius 3 is 2.50 bits per heavy atom. The minimum atomic E-state index is -0.916. The van der Waals surface area contributed by atoms with Gasteiger partial charge in [0.2, 0.25) is 5.91 Å². The topological polar surface area (TPSA) is 66.4 Å². The standard InChI is InChI=1S/C12H21NO3/c1-8-3-4-10(9(2)7-8)13-11(14)5-6-12(15)16/h8-10H,3-7H2,1-2H3,(H,13,14)(H,15,16). The molecule has 0 radical (unpaired) electrons. The summed E-state index contributed by atoms with van der Waals surface area (Å²) >= 11 is 0. The van der Waals surface area contributed by atoms with Crippen molar-refractivity contribution >= 4 is 11.9 Å². The molecule has 0 aromatic carbocycles. The van der Waals surface area contributed by atoms with Gasteiger partial charge in [0, 0.05) is 12.5 Å².